The highest BCUT2D eigenvalue weighted by Crippen LogP contribution is 2.08. The third-order valence-electron chi connectivity index (χ3n) is 3.83. The largest absolute Gasteiger partial charge is 0.451 e. The van der Waals surface area contributed by atoms with Gasteiger partial charge in [0.25, 0.3) is 5.91 Å². The van der Waals surface area contributed by atoms with Crippen LogP contribution in [0.1, 0.15) is 10.5 Å². The Balaban J connectivity index is 1.48. The molecule has 1 N–H and O–H groups in total. The number of fused-ring (bicyclic) bond motifs is 1. The average molecular weight is 384 g/mol. The third kappa shape index (κ3) is 4.70. The standard InChI is InChI=1S/C19H17FN4O4/c1-23(11-17(25)21-14-7-5-13(20)6-8-14)18(26)12-28-19(27)15-10-24-9-3-2-4-16(24)22-15/h2-10H,11-12H2,1H3,(H,21,25). The highest BCUT2D eigenvalue weighted by molar-refractivity contribution is 5.95. The van der Waals surface area contributed by atoms with E-state index >= 15 is 0 Å². The molecule has 9 heteroatoms. The van der Waals surface area contributed by atoms with E-state index in [1.165, 1.54) is 37.5 Å². The summed E-state index contributed by atoms with van der Waals surface area (Å²) in [6.45, 7) is -0.769. The van der Waals surface area contributed by atoms with Crippen LogP contribution in [0.25, 0.3) is 5.65 Å². The molecule has 1 aromatic carbocycles. The highest BCUT2D eigenvalue weighted by Gasteiger charge is 2.17. The number of likely N-dealkylation sites (N-methyl/N-ethyl adjacent to an activating group) is 1. The van der Waals surface area contributed by atoms with Crippen LogP contribution in [0, 0.1) is 5.82 Å². The second kappa shape index (κ2) is 8.30. The molecular formula is C19H17FN4O4. The number of carbonyl (C=O) groups excluding carboxylic acids is 3. The predicted octanol–water partition coefficient (Wildman–Crippen LogP) is 1.73. The van der Waals surface area contributed by atoms with E-state index in [2.05, 4.69) is 10.3 Å². The Labute approximate surface area is 159 Å². The van der Waals surface area contributed by atoms with Gasteiger partial charge < -0.3 is 19.4 Å². The van der Waals surface area contributed by atoms with Crippen LogP contribution in [0.5, 0.6) is 0 Å². The Morgan fingerprint density at radius 3 is 2.64 bits per heavy atom. The number of nitrogens with one attached hydrogen (secondary N) is 1. The van der Waals surface area contributed by atoms with E-state index in [-0.39, 0.29) is 12.2 Å². The van der Waals surface area contributed by atoms with Crippen LogP contribution < -0.4 is 5.32 Å². The van der Waals surface area contributed by atoms with Gasteiger partial charge in [-0.15, -0.1) is 0 Å². The lowest BCUT2D eigenvalue weighted by molar-refractivity contribution is -0.136. The zero-order valence-electron chi connectivity index (χ0n) is 15.0. The van der Waals surface area contributed by atoms with Crippen molar-refractivity contribution in [3.63, 3.8) is 0 Å². The van der Waals surface area contributed by atoms with E-state index in [0.717, 1.165) is 4.90 Å². The lowest BCUT2D eigenvalue weighted by Crippen LogP contribution is -2.37. The fourth-order valence-corrected chi connectivity index (χ4v) is 2.38. The molecule has 0 saturated carbocycles. The lowest BCUT2D eigenvalue weighted by Gasteiger charge is -2.16. The maximum absolute atomic E-state index is 12.9. The number of halogens is 1. The van der Waals surface area contributed by atoms with E-state index < -0.39 is 30.2 Å². The van der Waals surface area contributed by atoms with Crippen molar-refractivity contribution in [3.8, 4) is 0 Å². The molecule has 0 radical (unpaired) electrons. The van der Waals surface area contributed by atoms with Crippen molar-refractivity contribution in [2.75, 3.05) is 25.5 Å². The molecule has 2 heterocycles. The molecule has 0 aliphatic carbocycles. The molecule has 3 aromatic rings. The van der Waals surface area contributed by atoms with Gasteiger partial charge in [-0.25, -0.2) is 14.2 Å². The number of aromatic nitrogens is 2. The number of benzene rings is 1. The van der Waals surface area contributed by atoms with Crippen molar-refractivity contribution in [2.45, 2.75) is 0 Å². The number of hydrogen-bond acceptors (Lipinski definition) is 5. The van der Waals surface area contributed by atoms with E-state index in [4.69, 9.17) is 4.74 Å². The number of anilines is 1. The first-order valence-electron chi connectivity index (χ1n) is 8.32. The van der Waals surface area contributed by atoms with Gasteiger partial charge in [-0.3, -0.25) is 9.59 Å². The van der Waals surface area contributed by atoms with Gasteiger partial charge >= 0.3 is 5.97 Å². The summed E-state index contributed by atoms with van der Waals surface area (Å²) in [6.07, 6.45) is 3.24. The molecular weight excluding hydrogens is 367 g/mol. The fraction of sp³-hybridized carbons (Fsp3) is 0.158. The fourth-order valence-electron chi connectivity index (χ4n) is 2.38. The first-order valence-corrected chi connectivity index (χ1v) is 8.32. The lowest BCUT2D eigenvalue weighted by atomic mass is 10.3. The van der Waals surface area contributed by atoms with Crippen molar-refractivity contribution in [2.24, 2.45) is 0 Å². The molecule has 0 unspecified atom stereocenters. The van der Waals surface area contributed by atoms with Gasteiger partial charge in [-0.1, -0.05) is 6.07 Å². The maximum Gasteiger partial charge on any atom is 0.359 e. The molecule has 2 aromatic heterocycles. The third-order valence-corrected chi connectivity index (χ3v) is 3.83. The number of nitrogens with zero attached hydrogens (tertiary/aromatic N) is 3. The number of imidazole rings is 1. The van der Waals surface area contributed by atoms with E-state index in [9.17, 15) is 18.8 Å². The van der Waals surface area contributed by atoms with Crippen molar-refractivity contribution in [1.29, 1.82) is 0 Å². The van der Waals surface area contributed by atoms with Crippen molar-refractivity contribution < 1.29 is 23.5 Å². The Morgan fingerprint density at radius 1 is 1.18 bits per heavy atom. The maximum atomic E-state index is 12.9. The second-order valence-corrected chi connectivity index (χ2v) is 5.97. The van der Waals surface area contributed by atoms with Crippen LogP contribution in [-0.4, -0.2) is 52.3 Å². The monoisotopic (exact) mass is 384 g/mol. The Morgan fingerprint density at radius 2 is 1.93 bits per heavy atom. The van der Waals surface area contributed by atoms with Crippen molar-refractivity contribution >= 4 is 29.1 Å². The molecule has 2 amide bonds. The number of hydrogen-bond donors (Lipinski definition) is 1. The van der Waals surface area contributed by atoms with Crippen LogP contribution in [-0.2, 0) is 14.3 Å². The van der Waals surface area contributed by atoms with Gasteiger partial charge in [0.1, 0.15) is 11.5 Å². The zero-order valence-corrected chi connectivity index (χ0v) is 15.0. The molecule has 0 bridgehead atoms. The number of rotatable bonds is 6. The minimum Gasteiger partial charge on any atom is -0.451 e. The molecule has 0 aliphatic heterocycles. The van der Waals surface area contributed by atoms with Crippen LogP contribution in [0.4, 0.5) is 10.1 Å². The molecule has 0 saturated heterocycles. The number of carbonyl (C=O) groups is 3. The first-order chi connectivity index (χ1) is 13.4. The Kier molecular flexibility index (Phi) is 5.64. The predicted molar refractivity (Wildman–Crippen MR) is 98.1 cm³/mol. The minimum absolute atomic E-state index is 0.0794. The highest BCUT2D eigenvalue weighted by atomic mass is 19.1. The quantitative estimate of drug-likeness (QED) is 0.654. The van der Waals surface area contributed by atoms with Gasteiger partial charge in [0, 0.05) is 25.1 Å². The van der Waals surface area contributed by atoms with Crippen LogP contribution in [0.3, 0.4) is 0 Å². The van der Waals surface area contributed by atoms with Crippen LogP contribution in [0.2, 0.25) is 0 Å². The summed E-state index contributed by atoms with van der Waals surface area (Å²) in [7, 11) is 1.41. The van der Waals surface area contributed by atoms with E-state index in [1.807, 2.05) is 0 Å². The zero-order chi connectivity index (χ0) is 20.1. The summed E-state index contributed by atoms with van der Waals surface area (Å²) in [5.41, 5.74) is 1.07. The summed E-state index contributed by atoms with van der Waals surface area (Å²) in [4.78, 5) is 41.3. The number of amides is 2. The molecule has 0 fully saturated rings. The van der Waals surface area contributed by atoms with Gasteiger partial charge in [0.2, 0.25) is 5.91 Å². The smallest absolute Gasteiger partial charge is 0.359 e. The minimum atomic E-state index is -0.735. The molecule has 8 nitrogen and oxygen atoms in total. The molecule has 0 atom stereocenters. The summed E-state index contributed by atoms with van der Waals surface area (Å²) >= 11 is 0. The average Bonchev–Trinajstić information content (AvgIpc) is 3.12. The van der Waals surface area contributed by atoms with E-state index in [0.29, 0.717) is 11.3 Å². The normalized spacial score (nSPS) is 10.5. The van der Waals surface area contributed by atoms with Crippen molar-refractivity contribution in [1.82, 2.24) is 14.3 Å². The molecule has 3 rings (SSSR count). The molecule has 28 heavy (non-hydrogen) atoms. The first kappa shape index (κ1) is 19.0. The summed E-state index contributed by atoms with van der Waals surface area (Å²) < 4.78 is 19.5. The number of esters is 1. The van der Waals surface area contributed by atoms with Crippen LogP contribution >= 0.6 is 0 Å². The SMILES string of the molecule is CN(CC(=O)Nc1ccc(F)cc1)C(=O)COC(=O)c1cn2ccccc2n1. The number of ether oxygens (including phenoxy) is 1. The Bertz CT molecular complexity index is 983. The summed E-state index contributed by atoms with van der Waals surface area (Å²) in [5, 5.41) is 2.54. The topological polar surface area (TPSA) is 93.0 Å². The molecule has 144 valence electrons. The van der Waals surface area contributed by atoms with Gasteiger partial charge in [0.05, 0.1) is 6.54 Å². The Hall–Kier alpha value is -3.75. The van der Waals surface area contributed by atoms with Crippen molar-refractivity contribution in [3.05, 3.63) is 66.4 Å². The van der Waals surface area contributed by atoms with Gasteiger partial charge in [-0.05, 0) is 36.4 Å². The molecule has 0 aliphatic rings. The van der Waals surface area contributed by atoms with Gasteiger partial charge in [0.15, 0.2) is 12.3 Å². The van der Waals surface area contributed by atoms with Crippen LogP contribution in [0.15, 0.2) is 54.9 Å². The summed E-state index contributed by atoms with van der Waals surface area (Å²) in [6, 6.07) is 10.5. The molecule has 0 spiro atoms. The number of pyridine rings is 1. The second-order valence-electron chi connectivity index (χ2n) is 5.97. The van der Waals surface area contributed by atoms with Gasteiger partial charge in [-0.2, -0.15) is 0 Å². The summed E-state index contributed by atoms with van der Waals surface area (Å²) in [5.74, 6) is -2.17. The van der Waals surface area contributed by atoms with E-state index in [1.54, 1.807) is 28.8 Å².